The SMILES string of the molecule is O=C(O)CCCS(=O)(=O)N1CCCC(CCO)C1. The lowest BCUT2D eigenvalue weighted by Gasteiger charge is -2.31. The second kappa shape index (κ2) is 7.06. The highest BCUT2D eigenvalue weighted by Crippen LogP contribution is 2.22. The van der Waals surface area contributed by atoms with Crippen molar-refractivity contribution in [3.8, 4) is 0 Å². The highest BCUT2D eigenvalue weighted by Gasteiger charge is 2.28. The minimum absolute atomic E-state index is 0.0809. The molecule has 0 aromatic carbocycles. The smallest absolute Gasteiger partial charge is 0.303 e. The second-order valence-electron chi connectivity index (χ2n) is 4.69. The minimum Gasteiger partial charge on any atom is -0.481 e. The van der Waals surface area contributed by atoms with Crippen molar-refractivity contribution < 1.29 is 23.4 Å². The summed E-state index contributed by atoms with van der Waals surface area (Å²) in [5, 5.41) is 17.4. The van der Waals surface area contributed by atoms with Gasteiger partial charge in [-0.2, -0.15) is 0 Å². The summed E-state index contributed by atoms with van der Waals surface area (Å²) in [7, 11) is -3.34. The Balaban J connectivity index is 2.48. The number of nitrogens with zero attached hydrogens (tertiary/aromatic N) is 1. The standard InChI is InChI=1S/C11H21NO5S/c13-7-5-10-3-1-6-12(9-10)18(16,17)8-2-4-11(14)15/h10,13H,1-9H2,(H,14,15). The largest absolute Gasteiger partial charge is 0.481 e. The predicted octanol–water partition coefficient (Wildman–Crippen LogP) is 0.275. The van der Waals surface area contributed by atoms with Gasteiger partial charge in [-0.25, -0.2) is 12.7 Å². The molecule has 106 valence electrons. The molecule has 1 aliphatic heterocycles. The van der Waals surface area contributed by atoms with Crippen LogP contribution in [0.1, 0.15) is 32.1 Å². The van der Waals surface area contributed by atoms with Crippen LogP contribution in [-0.4, -0.2) is 54.4 Å². The Hall–Kier alpha value is -0.660. The number of carboxylic acid groups (broad SMARTS) is 1. The first-order chi connectivity index (χ1) is 8.45. The number of carboxylic acids is 1. The van der Waals surface area contributed by atoms with Gasteiger partial charge in [0.15, 0.2) is 0 Å². The van der Waals surface area contributed by atoms with E-state index in [1.54, 1.807) is 0 Å². The van der Waals surface area contributed by atoms with E-state index in [0.29, 0.717) is 19.5 Å². The highest BCUT2D eigenvalue weighted by molar-refractivity contribution is 7.89. The summed E-state index contributed by atoms with van der Waals surface area (Å²) in [6, 6.07) is 0. The summed E-state index contributed by atoms with van der Waals surface area (Å²) in [4.78, 5) is 10.4. The second-order valence-corrected chi connectivity index (χ2v) is 6.78. The molecule has 1 unspecified atom stereocenters. The first-order valence-electron chi connectivity index (χ1n) is 6.26. The van der Waals surface area contributed by atoms with Crippen LogP contribution in [0, 0.1) is 5.92 Å². The van der Waals surface area contributed by atoms with Crippen LogP contribution in [0.25, 0.3) is 0 Å². The third-order valence-corrected chi connectivity index (χ3v) is 5.13. The van der Waals surface area contributed by atoms with E-state index in [1.807, 2.05) is 0 Å². The number of rotatable bonds is 7. The number of aliphatic hydroxyl groups excluding tert-OH is 1. The fourth-order valence-electron chi connectivity index (χ4n) is 2.23. The van der Waals surface area contributed by atoms with Gasteiger partial charge in [0.25, 0.3) is 0 Å². The molecule has 0 aromatic heterocycles. The maximum atomic E-state index is 12.0. The first-order valence-corrected chi connectivity index (χ1v) is 7.87. The monoisotopic (exact) mass is 279 g/mol. The Bertz CT molecular complexity index is 366. The average molecular weight is 279 g/mol. The lowest BCUT2D eigenvalue weighted by molar-refractivity contribution is -0.137. The quantitative estimate of drug-likeness (QED) is 0.698. The molecule has 6 nitrogen and oxygen atoms in total. The number of carbonyl (C=O) groups is 1. The molecule has 0 radical (unpaired) electrons. The molecule has 1 fully saturated rings. The van der Waals surface area contributed by atoms with Crippen LogP contribution in [0.15, 0.2) is 0 Å². The van der Waals surface area contributed by atoms with E-state index in [4.69, 9.17) is 10.2 Å². The van der Waals surface area contributed by atoms with Crippen LogP contribution in [0.5, 0.6) is 0 Å². The molecule has 0 saturated carbocycles. The third kappa shape index (κ3) is 4.91. The van der Waals surface area contributed by atoms with E-state index in [0.717, 1.165) is 12.8 Å². The number of hydrogen-bond acceptors (Lipinski definition) is 4. The van der Waals surface area contributed by atoms with Crippen LogP contribution >= 0.6 is 0 Å². The van der Waals surface area contributed by atoms with Gasteiger partial charge in [0.05, 0.1) is 5.75 Å². The van der Waals surface area contributed by atoms with E-state index in [-0.39, 0.29) is 31.1 Å². The summed E-state index contributed by atoms with van der Waals surface area (Å²) < 4.78 is 25.4. The molecule has 0 spiro atoms. The summed E-state index contributed by atoms with van der Waals surface area (Å²) in [6.07, 6.45) is 2.41. The van der Waals surface area contributed by atoms with E-state index >= 15 is 0 Å². The number of aliphatic hydroxyl groups is 1. The van der Waals surface area contributed by atoms with Gasteiger partial charge in [0, 0.05) is 26.1 Å². The molecule has 1 heterocycles. The van der Waals surface area contributed by atoms with Crippen LogP contribution in [0.2, 0.25) is 0 Å². The number of piperidine rings is 1. The van der Waals surface area contributed by atoms with Crippen molar-refractivity contribution in [3.63, 3.8) is 0 Å². The van der Waals surface area contributed by atoms with Gasteiger partial charge >= 0.3 is 5.97 Å². The molecule has 1 aliphatic rings. The van der Waals surface area contributed by atoms with E-state index < -0.39 is 16.0 Å². The summed E-state index contributed by atoms with van der Waals surface area (Å²) >= 11 is 0. The van der Waals surface area contributed by atoms with Gasteiger partial charge in [-0.3, -0.25) is 4.79 Å². The lowest BCUT2D eigenvalue weighted by Crippen LogP contribution is -2.41. The molecular weight excluding hydrogens is 258 g/mol. The van der Waals surface area contributed by atoms with Crippen molar-refractivity contribution in [2.75, 3.05) is 25.4 Å². The average Bonchev–Trinajstić information content (AvgIpc) is 2.29. The zero-order chi connectivity index (χ0) is 13.6. The van der Waals surface area contributed by atoms with Crippen molar-refractivity contribution in [2.45, 2.75) is 32.1 Å². The summed E-state index contributed by atoms with van der Waals surface area (Å²) in [5.41, 5.74) is 0. The first kappa shape index (κ1) is 15.4. The van der Waals surface area contributed by atoms with Crippen LogP contribution < -0.4 is 0 Å². The normalized spacial score (nSPS) is 21.9. The van der Waals surface area contributed by atoms with Gasteiger partial charge < -0.3 is 10.2 Å². The molecule has 0 amide bonds. The van der Waals surface area contributed by atoms with Gasteiger partial charge in [0.1, 0.15) is 0 Å². The number of aliphatic carboxylic acids is 1. The van der Waals surface area contributed by atoms with Gasteiger partial charge in [-0.05, 0) is 31.6 Å². The fraction of sp³-hybridized carbons (Fsp3) is 0.909. The Kier molecular flexibility index (Phi) is 6.04. The number of hydrogen-bond donors (Lipinski definition) is 2. The van der Waals surface area contributed by atoms with E-state index in [9.17, 15) is 13.2 Å². The van der Waals surface area contributed by atoms with Crippen LogP contribution in [0.4, 0.5) is 0 Å². The zero-order valence-corrected chi connectivity index (χ0v) is 11.2. The van der Waals surface area contributed by atoms with E-state index in [2.05, 4.69) is 0 Å². The summed E-state index contributed by atoms with van der Waals surface area (Å²) in [6.45, 7) is 1.05. The van der Waals surface area contributed by atoms with Crippen molar-refractivity contribution in [2.24, 2.45) is 5.92 Å². The van der Waals surface area contributed by atoms with Crippen molar-refractivity contribution in [1.82, 2.24) is 4.31 Å². The van der Waals surface area contributed by atoms with Gasteiger partial charge in [0.2, 0.25) is 10.0 Å². The molecule has 0 bridgehead atoms. The van der Waals surface area contributed by atoms with Crippen LogP contribution in [-0.2, 0) is 14.8 Å². The highest BCUT2D eigenvalue weighted by atomic mass is 32.2. The topological polar surface area (TPSA) is 94.9 Å². The van der Waals surface area contributed by atoms with Crippen molar-refractivity contribution >= 4 is 16.0 Å². The van der Waals surface area contributed by atoms with Gasteiger partial charge in [-0.15, -0.1) is 0 Å². The third-order valence-electron chi connectivity index (χ3n) is 3.21. The molecule has 1 saturated heterocycles. The molecule has 1 rings (SSSR count). The molecule has 7 heteroatoms. The molecule has 0 aliphatic carbocycles. The molecule has 1 atom stereocenters. The number of sulfonamides is 1. The molecule has 0 aromatic rings. The van der Waals surface area contributed by atoms with Gasteiger partial charge in [-0.1, -0.05) is 0 Å². The Morgan fingerprint density at radius 1 is 1.39 bits per heavy atom. The lowest BCUT2D eigenvalue weighted by atomic mass is 9.97. The maximum Gasteiger partial charge on any atom is 0.303 e. The van der Waals surface area contributed by atoms with Crippen molar-refractivity contribution in [3.05, 3.63) is 0 Å². The maximum absolute atomic E-state index is 12.0. The predicted molar refractivity (Wildman–Crippen MR) is 66.7 cm³/mol. The Morgan fingerprint density at radius 2 is 2.11 bits per heavy atom. The Morgan fingerprint density at radius 3 is 2.72 bits per heavy atom. The molecule has 2 N–H and O–H groups in total. The summed E-state index contributed by atoms with van der Waals surface area (Å²) in [5.74, 6) is -0.856. The minimum atomic E-state index is -3.34. The fourth-order valence-corrected chi connectivity index (χ4v) is 3.85. The molecular formula is C11H21NO5S. The molecule has 18 heavy (non-hydrogen) atoms. The van der Waals surface area contributed by atoms with E-state index in [1.165, 1.54) is 4.31 Å². The Labute approximate surface area is 108 Å². The van der Waals surface area contributed by atoms with Crippen LogP contribution in [0.3, 0.4) is 0 Å². The van der Waals surface area contributed by atoms with Crippen molar-refractivity contribution in [1.29, 1.82) is 0 Å². The zero-order valence-electron chi connectivity index (χ0n) is 10.4.